The van der Waals surface area contributed by atoms with Gasteiger partial charge in [0.25, 0.3) is 0 Å². The summed E-state index contributed by atoms with van der Waals surface area (Å²) in [5.41, 5.74) is 4.65. The number of hydrogen-bond acceptors (Lipinski definition) is 2. The summed E-state index contributed by atoms with van der Waals surface area (Å²) in [7, 11) is 1.43. The molecule has 0 radical (unpaired) electrons. The van der Waals surface area contributed by atoms with Crippen molar-refractivity contribution in [3.63, 3.8) is 0 Å². The predicted octanol–water partition coefficient (Wildman–Crippen LogP) is 7.17. The van der Waals surface area contributed by atoms with Crippen LogP contribution in [-0.2, 0) is 9.53 Å². The minimum Gasteiger partial charge on any atom is -0.466 e. The quantitative estimate of drug-likeness (QED) is 0.225. The number of methoxy groups -OCH3 is 1. The first kappa shape index (κ1) is 21.8. The highest BCUT2D eigenvalue weighted by Gasteiger charge is 2.21. The van der Waals surface area contributed by atoms with Gasteiger partial charge in [-0.2, -0.15) is 0 Å². The van der Waals surface area contributed by atoms with Crippen LogP contribution in [0.4, 0.5) is 4.39 Å². The SMILES string of the molecule is CCCCC/C(=C\c1c(-c2ccc(F)cc2)c2ccccc2n1C(C)C)C(=O)OC. The third kappa shape index (κ3) is 4.48. The smallest absolute Gasteiger partial charge is 0.333 e. The van der Waals surface area contributed by atoms with E-state index in [9.17, 15) is 9.18 Å². The molecule has 0 atom stereocenters. The molecule has 0 N–H and O–H groups in total. The van der Waals surface area contributed by atoms with Crippen molar-refractivity contribution in [1.29, 1.82) is 0 Å². The van der Waals surface area contributed by atoms with Gasteiger partial charge in [0.15, 0.2) is 0 Å². The number of carbonyl (C=O) groups excluding carboxylic acids is 1. The van der Waals surface area contributed by atoms with Gasteiger partial charge in [0.2, 0.25) is 0 Å². The Labute approximate surface area is 178 Å². The summed E-state index contributed by atoms with van der Waals surface area (Å²) >= 11 is 0. The van der Waals surface area contributed by atoms with Crippen molar-refractivity contribution >= 4 is 22.9 Å². The lowest BCUT2D eigenvalue weighted by Crippen LogP contribution is -2.08. The molecule has 1 aromatic heterocycles. The molecular weight excluding hydrogens is 377 g/mol. The summed E-state index contributed by atoms with van der Waals surface area (Å²) in [5.74, 6) is -0.560. The molecule has 3 rings (SSSR count). The van der Waals surface area contributed by atoms with Gasteiger partial charge in [0, 0.05) is 28.1 Å². The van der Waals surface area contributed by atoms with E-state index in [1.807, 2.05) is 18.2 Å². The van der Waals surface area contributed by atoms with Crippen molar-refractivity contribution < 1.29 is 13.9 Å². The number of hydrogen-bond donors (Lipinski definition) is 0. The van der Waals surface area contributed by atoms with E-state index in [0.717, 1.165) is 47.0 Å². The minimum absolute atomic E-state index is 0.185. The first-order chi connectivity index (χ1) is 14.5. The molecule has 0 aliphatic rings. The summed E-state index contributed by atoms with van der Waals surface area (Å²) < 4.78 is 20.9. The van der Waals surface area contributed by atoms with Crippen molar-refractivity contribution in [3.8, 4) is 11.1 Å². The van der Waals surface area contributed by atoms with E-state index < -0.39 is 0 Å². The molecule has 30 heavy (non-hydrogen) atoms. The average molecular weight is 408 g/mol. The predicted molar refractivity (Wildman–Crippen MR) is 122 cm³/mol. The Morgan fingerprint density at radius 1 is 1.10 bits per heavy atom. The molecule has 158 valence electrons. The average Bonchev–Trinajstić information content (AvgIpc) is 3.07. The lowest BCUT2D eigenvalue weighted by atomic mass is 9.99. The molecule has 0 bridgehead atoms. The molecule has 0 saturated heterocycles. The first-order valence-corrected chi connectivity index (χ1v) is 10.7. The van der Waals surface area contributed by atoms with Gasteiger partial charge < -0.3 is 9.30 Å². The molecule has 0 aliphatic carbocycles. The minimum atomic E-state index is -0.295. The van der Waals surface area contributed by atoms with Crippen molar-refractivity contribution in [2.75, 3.05) is 7.11 Å². The highest BCUT2D eigenvalue weighted by molar-refractivity contribution is 6.03. The van der Waals surface area contributed by atoms with Crippen LogP contribution in [0.15, 0.2) is 54.1 Å². The summed E-state index contributed by atoms with van der Waals surface area (Å²) in [6.45, 7) is 6.41. The summed E-state index contributed by atoms with van der Waals surface area (Å²) in [4.78, 5) is 12.5. The molecule has 0 spiro atoms. The number of ether oxygens (including phenoxy) is 1. The topological polar surface area (TPSA) is 31.2 Å². The fraction of sp³-hybridized carbons (Fsp3) is 0.346. The van der Waals surface area contributed by atoms with Gasteiger partial charge in [0.05, 0.1) is 12.8 Å². The van der Waals surface area contributed by atoms with E-state index in [2.05, 4.69) is 37.5 Å². The maximum atomic E-state index is 13.6. The largest absolute Gasteiger partial charge is 0.466 e. The molecule has 4 heteroatoms. The Kier molecular flexibility index (Phi) is 7.09. The lowest BCUT2D eigenvalue weighted by Gasteiger charge is -2.15. The Balaban J connectivity index is 2.30. The molecule has 0 unspecified atom stereocenters. The monoisotopic (exact) mass is 407 g/mol. The third-order valence-corrected chi connectivity index (χ3v) is 5.41. The van der Waals surface area contributed by atoms with Crippen LogP contribution >= 0.6 is 0 Å². The number of unbranched alkanes of at least 4 members (excludes halogenated alkanes) is 2. The zero-order valence-electron chi connectivity index (χ0n) is 18.2. The number of esters is 1. The third-order valence-electron chi connectivity index (χ3n) is 5.41. The van der Waals surface area contributed by atoms with Crippen LogP contribution in [-0.4, -0.2) is 17.6 Å². The van der Waals surface area contributed by atoms with E-state index in [1.54, 1.807) is 12.1 Å². The van der Waals surface area contributed by atoms with Gasteiger partial charge in [-0.1, -0.05) is 50.1 Å². The van der Waals surface area contributed by atoms with Crippen molar-refractivity contribution in [3.05, 3.63) is 65.6 Å². The van der Waals surface area contributed by atoms with Crippen LogP contribution < -0.4 is 0 Å². The number of aromatic nitrogens is 1. The Bertz CT molecular complexity index is 1040. The molecule has 3 nitrogen and oxygen atoms in total. The van der Waals surface area contributed by atoms with E-state index >= 15 is 0 Å². The Morgan fingerprint density at radius 2 is 1.80 bits per heavy atom. The van der Waals surface area contributed by atoms with Crippen LogP contribution in [0.3, 0.4) is 0 Å². The Hall–Kier alpha value is -2.88. The second-order valence-corrected chi connectivity index (χ2v) is 7.87. The molecular formula is C26H30FNO2. The van der Waals surface area contributed by atoms with Crippen LogP contribution in [0.1, 0.15) is 58.2 Å². The van der Waals surface area contributed by atoms with Gasteiger partial charge in [0.1, 0.15) is 5.82 Å². The van der Waals surface area contributed by atoms with E-state index in [4.69, 9.17) is 4.74 Å². The molecule has 0 fully saturated rings. The normalized spacial score (nSPS) is 12.0. The number of para-hydroxylation sites is 1. The maximum absolute atomic E-state index is 13.6. The van der Waals surface area contributed by atoms with Crippen LogP contribution in [0.5, 0.6) is 0 Å². The highest BCUT2D eigenvalue weighted by Crippen LogP contribution is 2.38. The molecule has 0 amide bonds. The van der Waals surface area contributed by atoms with E-state index in [0.29, 0.717) is 12.0 Å². The van der Waals surface area contributed by atoms with E-state index in [-0.39, 0.29) is 17.8 Å². The standard InChI is InChI=1S/C26H30FNO2/c1-5-6-7-10-20(26(29)30-4)17-24-25(19-13-15-21(27)16-14-19)22-11-8-9-12-23(22)28(24)18(2)3/h8-9,11-18H,5-7,10H2,1-4H3/b20-17+. The van der Waals surface area contributed by atoms with Crippen LogP contribution in [0, 0.1) is 5.82 Å². The first-order valence-electron chi connectivity index (χ1n) is 10.7. The van der Waals surface area contributed by atoms with Crippen LogP contribution in [0.2, 0.25) is 0 Å². The molecule has 1 heterocycles. The van der Waals surface area contributed by atoms with Crippen molar-refractivity contribution in [2.45, 2.75) is 52.5 Å². The second kappa shape index (κ2) is 9.75. The molecule has 0 aliphatic heterocycles. The number of nitrogens with zero attached hydrogens (tertiary/aromatic N) is 1. The number of benzene rings is 2. The number of halogens is 1. The van der Waals surface area contributed by atoms with Gasteiger partial charge in [-0.25, -0.2) is 9.18 Å². The van der Waals surface area contributed by atoms with Crippen LogP contribution in [0.25, 0.3) is 28.1 Å². The molecule has 0 saturated carbocycles. The summed E-state index contributed by atoms with van der Waals surface area (Å²) in [6, 6.07) is 14.9. The second-order valence-electron chi connectivity index (χ2n) is 7.87. The van der Waals surface area contributed by atoms with Crippen molar-refractivity contribution in [1.82, 2.24) is 4.57 Å². The zero-order chi connectivity index (χ0) is 21.7. The lowest BCUT2D eigenvalue weighted by molar-refractivity contribution is -0.136. The van der Waals surface area contributed by atoms with Crippen molar-refractivity contribution in [2.24, 2.45) is 0 Å². The molecule has 2 aromatic carbocycles. The fourth-order valence-electron chi connectivity index (χ4n) is 4.00. The van der Waals surface area contributed by atoms with Gasteiger partial charge in [-0.05, 0) is 56.5 Å². The van der Waals surface area contributed by atoms with E-state index in [1.165, 1.54) is 19.2 Å². The Morgan fingerprint density at radius 3 is 2.43 bits per heavy atom. The summed E-state index contributed by atoms with van der Waals surface area (Å²) in [6.07, 6.45) is 5.72. The highest BCUT2D eigenvalue weighted by atomic mass is 19.1. The molecule has 3 aromatic rings. The van der Waals surface area contributed by atoms with Gasteiger partial charge in [-0.15, -0.1) is 0 Å². The zero-order valence-corrected chi connectivity index (χ0v) is 18.2. The summed E-state index contributed by atoms with van der Waals surface area (Å²) in [5, 5.41) is 1.09. The number of rotatable bonds is 8. The fourth-order valence-corrected chi connectivity index (χ4v) is 4.00. The maximum Gasteiger partial charge on any atom is 0.333 e. The van der Waals surface area contributed by atoms with Gasteiger partial charge >= 0.3 is 5.97 Å². The van der Waals surface area contributed by atoms with Gasteiger partial charge in [-0.3, -0.25) is 0 Å². The number of fused-ring (bicyclic) bond motifs is 1. The number of carbonyl (C=O) groups is 1.